The van der Waals surface area contributed by atoms with Crippen LogP contribution in [-0.2, 0) is 15.1 Å². The van der Waals surface area contributed by atoms with E-state index >= 15 is 0 Å². The third-order valence-electron chi connectivity index (χ3n) is 3.33. The largest absolute Gasteiger partial charge is 0.358 e. The number of carbonyl (C=O) groups excluding carboxylic acids is 3. The molecule has 1 aromatic carbocycles. The van der Waals surface area contributed by atoms with Gasteiger partial charge in [0.25, 0.3) is 5.91 Å². The molecule has 0 aromatic heterocycles. The second kappa shape index (κ2) is 5.33. The molecule has 1 fully saturated rings. The van der Waals surface area contributed by atoms with Crippen molar-refractivity contribution in [2.75, 3.05) is 13.6 Å². The lowest BCUT2D eigenvalue weighted by Gasteiger charge is -2.23. The van der Waals surface area contributed by atoms with Crippen LogP contribution in [0.25, 0.3) is 0 Å². The molecule has 1 aliphatic rings. The lowest BCUT2D eigenvalue weighted by atomic mass is 9.92. The Bertz CT molecular complexity index is 637. The minimum absolute atomic E-state index is 0.0212. The molecule has 1 saturated heterocycles. The standard InChI is InChI=1S/C13H13ClFN3O3/c1-13(8-4-3-7(15)5-9(8)14)11(20)18(12(21)17-13)6-10(19)16-2/h3-5H,6H2,1-2H3,(H,16,19)(H,17,21). The molecule has 1 atom stereocenters. The van der Waals surface area contributed by atoms with Gasteiger partial charge in [-0.1, -0.05) is 17.7 Å². The summed E-state index contributed by atoms with van der Waals surface area (Å²) in [6, 6.07) is 2.83. The van der Waals surface area contributed by atoms with Crippen LogP contribution in [0.15, 0.2) is 18.2 Å². The summed E-state index contributed by atoms with van der Waals surface area (Å²) in [6.07, 6.45) is 0. The zero-order valence-electron chi connectivity index (χ0n) is 11.4. The van der Waals surface area contributed by atoms with E-state index in [9.17, 15) is 18.8 Å². The van der Waals surface area contributed by atoms with Gasteiger partial charge in [-0.05, 0) is 19.1 Å². The third kappa shape index (κ3) is 2.56. The molecule has 0 spiro atoms. The van der Waals surface area contributed by atoms with Gasteiger partial charge in [0.05, 0.1) is 0 Å². The molecular weight excluding hydrogens is 301 g/mol. The van der Waals surface area contributed by atoms with Gasteiger partial charge in [0.2, 0.25) is 5.91 Å². The van der Waals surface area contributed by atoms with Crippen molar-refractivity contribution in [3.8, 4) is 0 Å². The van der Waals surface area contributed by atoms with Gasteiger partial charge >= 0.3 is 6.03 Å². The number of hydrogen-bond donors (Lipinski definition) is 2. The summed E-state index contributed by atoms with van der Waals surface area (Å²) in [4.78, 5) is 36.5. The highest BCUT2D eigenvalue weighted by molar-refractivity contribution is 6.32. The van der Waals surface area contributed by atoms with Crippen molar-refractivity contribution in [1.29, 1.82) is 0 Å². The maximum absolute atomic E-state index is 13.1. The van der Waals surface area contributed by atoms with Gasteiger partial charge in [0.1, 0.15) is 17.9 Å². The number of nitrogens with zero attached hydrogens (tertiary/aromatic N) is 1. The number of carbonyl (C=O) groups is 3. The first-order chi connectivity index (χ1) is 9.79. The molecule has 21 heavy (non-hydrogen) atoms. The highest BCUT2D eigenvalue weighted by Crippen LogP contribution is 2.33. The molecule has 8 heteroatoms. The molecule has 112 valence electrons. The average molecular weight is 314 g/mol. The smallest absolute Gasteiger partial charge is 0.325 e. The van der Waals surface area contributed by atoms with Crippen molar-refractivity contribution in [1.82, 2.24) is 15.5 Å². The number of hydrogen-bond acceptors (Lipinski definition) is 3. The van der Waals surface area contributed by atoms with Gasteiger partial charge in [-0.25, -0.2) is 9.18 Å². The van der Waals surface area contributed by atoms with Crippen LogP contribution in [0, 0.1) is 5.82 Å². The van der Waals surface area contributed by atoms with Gasteiger partial charge in [0.15, 0.2) is 0 Å². The maximum atomic E-state index is 13.1. The molecule has 1 aliphatic heterocycles. The van der Waals surface area contributed by atoms with E-state index < -0.39 is 35.7 Å². The summed E-state index contributed by atoms with van der Waals surface area (Å²) in [7, 11) is 1.40. The Hall–Kier alpha value is -2.15. The van der Waals surface area contributed by atoms with Crippen LogP contribution in [0.2, 0.25) is 5.02 Å². The highest BCUT2D eigenvalue weighted by Gasteiger charge is 2.50. The van der Waals surface area contributed by atoms with Gasteiger partial charge < -0.3 is 10.6 Å². The van der Waals surface area contributed by atoms with E-state index in [2.05, 4.69) is 10.6 Å². The molecule has 2 N–H and O–H groups in total. The van der Waals surface area contributed by atoms with Crippen LogP contribution in [0.4, 0.5) is 9.18 Å². The average Bonchev–Trinajstić information content (AvgIpc) is 2.62. The second-order valence-corrected chi connectivity index (χ2v) is 5.15. The van der Waals surface area contributed by atoms with Crippen LogP contribution < -0.4 is 10.6 Å². The quantitative estimate of drug-likeness (QED) is 0.817. The minimum atomic E-state index is -1.43. The summed E-state index contributed by atoms with van der Waals surface area (Å²) in [5, 5.41) is 4.84. The lowest BCUT2D eigenvalue weighted by Crippen LogP contribution is -2.43. The monoisotopic (exact) mass is 313 g/mol. The Kier molecular flexibility index (Phi) is 3.87. The first kappa shape index (κ1) is 15.2. The van der Waals surface area contributed by atoms with Crippen molar-refractivity contribution in [3.63, 3.8) is 0 Å². The van der Waals surface area contributed by atoms with Gasteiger partial charge in [-0.15, -0.1) is 0 Å². The van der Waals surface area contributed by atoms with Crippen molar-refractivity contribution >= 4 is 29.4 Å². The summed E-state index contributed by atoms with van der Waals surface area (Å²) in [6.45, 7) is 1.06. The number of likely N-dealkylation sites (N-methyl/N-ethyl adjacent to an activating group) is 1. The lowest BCUT2D eigenvalue weighted by molar-refractivity contribution is -0.134. The van der Waals surface area contributed by atoms with Crippen molar-refractivity contribution in [3.05, 3.63) is 34.6 Å². The van der Waals surface area contributed by atoms with Gasteiger partial charge in [-0.2, -0.15) is 0 Å². The zero-order chi connectivity index (χ0) is 15.8. The third-order valence-corrected chi connectivity index (χ3v) is 3.64. The summed E-state index contributed by atoms with van der Waals surface area (Å²) in [5.41, 5.74) is -1.17. The Balaban J connectivity index is 2.38. The number of nitrogens with one attached hydrogen (secondary N) is 2. The normalized spacial score (nSPS) is 21.4. The molecule has 1 heterocycles. The predicted octanol–water partition coefficient (Wildman–Crippen LogP) is 0.992. The first-order valence-corrected chi connectivity index (χ1v) is 6.47. The molecule has 2 rings (SSSR count). The molecule has 1 unspecified atom stereocenters. The van der Waals surface area contributed by atoms with E-state index in [1.54, 1.807) is 0 Å². The van der Waals surface area contributed by atoms with Crippen LogP contribution in [-0.4, -0.2) is 36.3 Å². The molecule has 0 aliphatic carbocycles. The number of urea groups is 1. The molecule has 0 radical (unpaired) electrons. The Labute approximate surface area is 125 Å². The van der Waals surface area contributed by atoms with E-state index in [1.165, 1.54) is 20.0 Å². The maximum Gasteiger partial charge on any atom is 0.325 e. The molecule has 4 amide bonds. The zero-order valence-corrected chi connectivity index (χ0v) is 12.1. The highest BCUT2D eigenvalue weighted by atomic mass is 35.5. The topological polar surface area (TPSA) is 78.5 Å². The van der Waals surface area contributed by atoms with Crippen LogP contribution in [0.1, 0.15) is 12.5 Å². The predicted molar refractivity (Wildman–Crippen MR) is 73.1 cm³/mol. The summed E-state index contributed by atoms with van der Waals surface area (Å²) in [5.74, 6) is -1.65. The fourth-order valence-corrected chi connectivity index (χ4v) is 2.50. The molecule has 6 nitrogen and oxygen atoms in total. The van der Waals surface area contributed by atoms with E-state index in [4.69, 9.17) is 11.6 Å². The summed E-state index contributed by atoms with van der Waals surface area (Å²) >= 11 is 5.95. The molecule has 0 saturated carbocycles. The number of amides is 4. The second-order valence-electron chi connectivity index (χ2n) is 4.74. The van der Waals surface area contributed by atoms with E-state index in [0.29, 0.717) is 0 Å². The summed E-state index contributed by atoms with van der Waals surface area (Å²) < 4.78 is 13.1. The SMILES string of the molecule is CNC(=O)CN1C(=O)NC(C)(c2ccc(F)cc2Cl)C1=O. The van der Waals surface area contributed by atoms with Crippen LogP contribution in [0.3, 0.4) is 0 Å². The van der Waals surface area contributed by atoms with Crippen LogP contribution in [0.5, 0.6) is 0 Å². The van der Waals surface area contributed by atoms with Gasteiger partial charge in [0, 0.05) is 17.6 Å². The fourth-order valence-electron chi connectivity index (χ4n) is 2.14. The van der Waals surface area contributed by atoms with E-state index in [0.717, 1.165) is 17.0 Å². The van der Waals surface area contributed by atoms with Crippen molar-refractivity contribution in [2.45, 2.75) is 12.5 Å². The number of imide groups is 1. The number of halogens is 2. The Morgan fingerprint density at radius 3 is 2.71 bits per heavy atom. The molecule has 0 bridgehead atoms. The van der Waals surface area contributed by atoms with Crippen molar-refractivity contribution < 1.29 is 18.8 Å². The number of benzene rings is 1. The van der Waals surface area contributed by atoms with Gasteiger partial charge in [-0.3, -0.25) is 14.5 Å². The Morgan fingerprint density at radius 1 is 1.48 bits per heavy atom. The van der Waals surface area contributed by atoms with E-state index in [-0.39, 0.29) is 10.6 Å². The van der Waals surface area contributed by atoms with Crippen LogP contribution >= 0.6 is 11.6 Å². The fraction of sp³-hybridized carbons (Fsp3) is 0.308. The molecule has 1 aromatic rings. The van der Waals surface area contributed by atoms with Crippen molar-refractivity contribution in [2.24, 2.45) is 0 Å². The molecular formula is C13H13ClFN3O3. The Morgan fingerprint density at radius 2 is 2.14 bits per heavy atom. The minimum Gasteiger partial charge on any atom is -0.358 e. The first-order valence-electron chi connectivity index (χ1n) is 6.10. The van der Waals surface area contributed by atoms with E-state index in [1.807, 2.05) is 0 Å². The number of rotatable bonds is 3.